The smallest absolute Gasteiger partial charge is 0.258 e. The fourth-order valence-electron chi connectivity index (χ4n) is 1.62. The van der Waals surface area contributed by atoms with Crippen molar-refractivity contribution in [3.05, 3.63) is 12.0 Å². The van der Waals surface area contributed by atoms with Crippen LogP contribution in [0.2, 0.25) is 0 Å². The summed E-state index contributed by atoms with van der Waals surface area (Å²) in [5, 5.41) is 4.44. The molecule has 0 aliphatic carbocycles. The van der Waals surface area contributed by atoms with E-state index in [0.717, 1.165) is 0 Å². The normalized spacial score (nSPS) is 11.7. The topological polar surface area (TPSA) is 52.8 Å². The van der Waals surface area contributed by atoms with Gasteiger partial charge in [-0.3, -0.25) is 0 Å². The van der Waals surface area contributed by atoms with E-state index in [2.05, 4.69) is 15.1 Å². The third-order valence-electron chi connectivity index (χ3n) is 2.50. The Balaban J connectivity index is 2.59. The van der Waals surface area contributed by atoms with Gasteiger partial charge in [0.25, 0.3) is 6.43 Å². The maximum atomic E-state index is 12.4. The summed E-state index contributed by atoms with van der Waals surface area (Å²) in [5.74, 6) is 0.998. The molecule has 0 saturated heterocycles. The quantitative estimate of drug-likeness (QED) is 0.841. The van der Waals surface area contributed by atoms with Gasteiger partial charge in [-0.05, 0) is 0 Å². The largest absolute Gasteiger partial charge is 0.480 e. The lowest BCUT2D eigenvalue weighted by atomic mass is 10.2. The molecule has 0 aliphatic rings. The first kappa shape index (κ1) is 12.7. The molecular formula is C11H14F2N4O. The Morgan fingerprint density at radius 3 is 2.61 bits per heavy atom. The first-order valence-corrected chi connectivity index (χ1v) is 5.58. The molecule has 0 aliphatic heterocycles. The first-order chi connectivity index (χ1) is 8.52. The third-order valence-corrected chi connectivity index (χ3v) is 2.50. The van der Waals surface area contributed by atoms with Crippen molar-refractivity contribution in [1.82, 2.24) is 19.7 Å². The van der Waals surface area contributed by atoms with Gasteiger partial charge < -0.3 is 4.74 Å². The van der Waals surface area contributed by atoms with Crippen LogP contribution in [-0.2, 0) is 6.54 Å². The monoisotopic (exact) mass is 256 g/mol. The van der Waals surface area contributed by atoms with Crippen LogP contribution in [0.4, 0.5) is 8.78 Å². The van der Waals surface area contributed by atoms with Gasteiger partial charge in [-0.15, -0.1) is 0 Å². The Labute approximate surface area is 103 Å². The number of hydrogen-bond donors (Lipinski definition) is 0. The van der Waals surface area contributed by atoms with Crippen LogP contribution in [0, 0.1) is 0 Å². The van der Waals surface area contributed by atoms with Crippen molar-refractivity contribution >= 4 is 11.0 Å². The average molecular weight is 256 g/mol. The van der Waals surface area contributed by atoms with E-state index in [1.807, 2.05) is 13.8 Å². The number of halogens is 2. The van der Waals surface area contributed by atoms with Crippen LogP contribution in [0.1, 0.15) is 25.6 Å². The minimum atomic E-state index is -2.48. The van der Waals surface area contributed by atoms with E-state index in [0.29, 0.717) is 22.7 Å². The minimum absolute atomic E-state index is 0.0817. The maximum absolute atomic E-state index is 12.4. The van der Waals surface area contributed by atoms with E-state index < -0.39 is 13.0 Å². The van der Waals surface area contributed by atoms with Crippen LogP contribution in [0.15, 0.2) is 6.20 Å². The van der Waals surface area contributed by atoms with E-state index >= 15 is 0 Å². The lowest BCUT2D eigenvalue weighted by molar-refractivity contribution is 0.123. The van der Waals surface area contributed by atoms with Crippen LogP contribution >= 0.6 is 0 Å². The molecule has 2 aromatic heterocycles. The van der Waals surface area contributed by atoms with E-state index in [9.17, 15) is 8.78 Å². The zero-order valence-corrected chi connectivity index (χ0v) is 10.4. The molecule has 0 bridgehead atoms. The molecule has 0 unspecified atom stereocenters. The van der Waals surface area contributed by atoms with E-state index in [-0.39, 0.29) is 5.92 Å². The highest BCUT2D eigenvalue weighted by Gasteiger charge is 2.16. The number of hydrogen-bond acceptors (Lipinski definition) is 4. The summed E-state index contributed by atoms with van der Waals surface area (Å²) < 4.78 is 31.2. The predicted octanol–water partition coefficient (Wildman–Crippen LogP) is 2.22. The van der Waals surface area contributed by atoms with Gasteiger partial charge in [0.1, 0.15) is 17.8 Å². The molecule has 0 atom stereocenters. The highest BCUT2D eigenvalue weighted by Crippen LogP contribution is 2.24. The molecule has 0 aromatic carbocycles. The fourth-order valence-corrected chi connectivity index (χ4v) is 1.62. The van der Waals surface area contributed by atoms with Gasteiger partial charge in [0.15, 0.2) is 5.65 Å². The number of ether oxygens (including phenoxy) is 1. The van der Waals surface area contributed by atoms with Crippen LogP contribution < -0.4 is 4.74 Å². The van der Waals surface area contributed by atoms with Crippen molar-refractivity contribution in [2.75, 3.05) is 7.11 Å². The second-order valence-electron chi connectivity index (χ2n) is 4.20. The molecule has 2 aromatic rings. The van der Waals surface area contributed by atoms with Crippen molar-refractivity contribution in [3.8, 4) is 5.88 Å². The summed E-state index contributed by atoms with van der Waals surface area (Å²) in [7, 11) is 1.48. The molecule has 0 spiro atoms. The lowest BCUT2D eigenvalue weighted by Gasteiger charge is -2.08. The highest BCUT2D eigenvalue weighted by atomic mass is 19.3. The molecule has 18 heavy (non-hydrogen) atoms. The Kier molecular flexibility index (Phi) is 3.40. The highest BCUT2D eigenvalue weighted by molar-refractivity contribution is 5.80. The zero-order chi connectivity index (χ0) is 13.3. The Morgan fingerprint density at radius 1 is 1.33 bits per heavy atom. The van der Waals surface area contributed by atoms with Gasteiger partial charge in [-0.1, -0.05) is 13.8 Å². The number of aromatic nitrogens is 4. The molecule has 2 heterocycles. The molecule has 7 heteroatoms. The molecule has 2 rings (SSSR count). The van der Waals surface area contributed by atoms with Crippen molar-refractivity contribution in [2.24, 2.45) is 0 Å². The molecule has 98 valence electrons. The number of nitrogens with zero attached hydrogens (tertiary/aromatic N) is 4. The van der Waals surface area contributed by atoms with Crippen LogP contribution in [0.25, 0.3) is 11.0 Å². The lowest BCUT2D eigenvalue weighted by Crippen LogP contribution is -2.10. The minimum Gasteiger partial charge on any atom is -0.480 e. The van der Waals surface area contributed by atoms with Crippen LogP contribution in [-0.4, -0.2) is 33.3 Å². The van der Waals surface area contributed by atoms with E-state index in [4.69, 9.17) is 4.74 Å². The predicted molar refractivity (Wildman–Crippen MR) is 62.0 cm³/mol. The number of fused-ring (bicyclic) bond motifs is 1. The Morgan fingerprint density at radius 2 is 2.06 bits per heavy atom. The molecular weight excluding hydrogens is 242 g/mol. The molecule has 0 fully saturated rings. The Bertz CT molecular complexity index is 553. The standard InChI is InChI=1S/C11H14F2N4O/c1-6(2)9-15-10-7(11(16-9)18-3)4-14-17(10)5-8(12)13/h4,6,8H,5H2,1-3H3. The second-order valence-corrected chi connectivity index (χ2v) is 4.20. The SMILES string of the molecule is COc1nc(C(C)C)nc2c1cnn2CC(F)F. The van der Waals surface area contributed by atoms with E-state index in [1.54, 1.807) is 0 Å². The summed E-state index contributed by atoms with van der Waals surface area (Å²) >= 11 is 0. The first-order valence-electron chi connectivity index (χ1n) is 5.58. The molecule has 0 N–H and O–H groups in total. The summed E-state index contributed by atoms with van der Waals surface area (Å²) in [6.45, 7) is 3.37. The van der Waals surface area contributed by atoms with Crippen molar-refractivity contribution in [3.63, 3.8) is 0 Å². The number of rotatable bonds is 4. The molecule has 5 nitrogen and oxygen atoms in total. The van der Waals surface area contributed by atoms with Gasteiger partial charge in [-0.25, -0.2) is 18.4 Å². The van der Waals surface area contributed by atoms with E-state index in [1.165, 1.54) is 18.0 Å². The van der Waals surface area contributed by atoms with Crippen LogP contribution in [0.5, 0.6) is 5.88 Å². The summed E-state index contributed by atoms with van der Waals surface area (Å²) in [5.41, 5.74) is 0.380. The third kappa shape index (κ3) is 2.25. The zero-order valence-electron chi connectivity index (χ0n) is 10.4. The summed E-state index contributed by atoms with van der Waals surface area (Å²) in [6, 6.07) is 0. The maximum Gasteiger partial charge on any atom is 0.258 e. The number of alkyl halides is 2. The van der Waals surface area contributed by atoms with Gasteiger partial charge in [0.05, 0.1) is 13.3 Å². The van der Waals surface area contributed by atoms with Gasteiger partial charge in [-0.2, -0.15) is 10.1 Å². The van der Waals surface area contributed by atoms with Gasteiger partial charge >= 0.3 is 0 Å². The van der Waals surface area contributed by atoms with Crippen molar-refractivity contribution in [1.29, 1.82) is 0 Å². The van der Waals surface area contributed by atoms with Gasteiger partial charge in [0.2, 0.25) is 5.88 Å². The molecule has 0 amide bonds. The van der Waals surface area contributed by atoms with Gasteiger partial charge in [0, 0.05) is 5.92 Å². The summed E-state index contributed by atoms with van der Waals surface area (Å²) in [6.07, 6.45) is -1.03. The van der Waals surface area contributed by atoms with Crippen molar-refractivity contribution < 1.29 is 13.5 Å². The van der Waals surface area contributed by atoms with Crippen molar-refractivity contribution in [2.45, 2.75) is 32.7 Å². The molecule has 0 saturated carbocycles. The Hall–Kier alpha value is -1.79. The number of methoxy groups -OCH3 is 1. The second kappa shape index (κ2) is 4.83. The fraction of sp³-hybridized carbons (Fsp3) is 0.545. The summed E-state index contributed by atoms with van der Waals surface area (Å²) in [4.78, 5) is 8.51. The molecule has 0 radical (unpaired) electrons. The average Bonchev–Trinajstić information content (AvgIpc) is 2.70. The van der Waals surface area contributed by atoms with Crippen LogP contribution in [0.3, 0.4) is 0 Å².